The average Bonchev–Trinajstić information content (AvgIpc) is 2.38. The Labute approximate surface area is 119 Å². The highest BCUT2D eigenvalue weighted by Gasteiger charge is 2.15. The lowest BCUT2D eigenvalue weighted by atomic mass is 10.1. The van der Waals surface area contributed by atoms with E-state index in [-0.39, 0.29) is 5.91 Å². The van der Waals surface area contributed by atoms with Crippen LogP contribution in [-0.2, 0) is 4.79 Å². The van der Waals surface area contributed by atoms with Crippen molar-refractivity contribution in [2.24, 2.45) is 0 Å². The molecule has 0 radical (unpaired) electrons. The molecule has 1 aromatic carbocycles. The van der Waals surface area contributed by atoms with Crippen molar-refractivity contribution in [3.05, 3.63) is 18.2 Å². The Balaban J connectivity index is 1.94. The summed E-state index contributed by atoms with van der Waals surface area (Å²) in [6, 6.07) is 6.69. The summed E-state index contributed by atoms with van der Waals surface area (Å²) in [5.74, 6) is 0.610. The Kier molecular flexibility index (Phi) is 5.14. The predicted molar refractivity (Wildman–Crippen MR) is 83.0 cm³/mol. The maximum absolute atomic E-state index is 11.4. The summed E-state index contributed by atoms with van der Waals surface area (Å²) in [6.45, 7) is 4.43. The lowest BCUT2D eigenvalue weighted by Gasteiger charge is -2.20. The number of anilines is 2. The van der Waals surface area contributed by atoms with Crippen LogP contribution in [0.1, 0.15) is 39.5 Å². The highest BCUT2D eigenvalue weighted by atomic mass is 32.2. The zero-order chi connectivity index (χ0) is 13.7. The molecule has 0 aliphatic carbocycles. The van der Waals surface area contributed by atoms with Gasteiger partial charge in [-0.25, -0.2) is 0 Å². The summed E-state index contributed by atoms with van der Waals surface area (Å²) in [6.07, 6.45) is 5.01. The molecule has 3 nitrogen and oxygen atoms in total. The first-order valence-corrected chi connectivity index (χ1v) is 8.01. The molecule has 1 aliphatic rings. The van der Waals surface area contributed by atoms with Gasteiger partial charge in [-0.2, -0.15) is 0 Å². The second-order valence-electron chi connectivity index (χ2n) is 5.09. The zero-order valence-corrected chi connectivity index (χ0v) is 12.5. The van der Waals surface area contributed by atoms with Crippen LogP contribution in [0.4, 0.5) is 11.4 Å². The predicted octanol–water partition coefficient (Wildman–Crippen LogP) is 4.11. The Morgan fingerprint density at radius 3 is 3.05 bits per heavy atom. The number of hydrogen-bond donors (Lipinski definition) is 2. The third-order valence-corrected chi connectivity index (χ3v) is 4.34. The average molecular weight is 278 g/mol. The molecular formula is C15H22N2OS. The van der Waals surface area contributed by atoms with Crippen LogP contribution in [0.3, 0.4) is 0 Å². The van der Waals surface area contributed by atoms with Gasteiger partial charge in [-0.15, -0.1) is 11.8 Å². The molecule has 0 saturated carbocycles. The van der Waals surface area contributed by atoms with Gasteiger partial charge in [0.2, 0.25) is 5.91 Å². The van der Waals surface area contributed by atoms with Gasteiger partial charge in [0.05, 0.1) is 11.4 Å². The number of unbranched alkanes of at least 4 members (excludes halogenated alkanes) is 2. The fraction of sp³-hybridized carbons (Fsp3) is 0.533. The zero-order valence-electron chi connectivity index (χ0n) is 11.7. The van der Waals surface area contributed by atoms with E-state index >= 15 is 0 Å². The standard InChI is InChI=1S/C15H22N2OS/c1-3-4-5-6-11(2)16-12-7-8-14-13(9-12)17-15(18)10-19-14/h7-9,11,16H,3-6,10H2,1-2H3,(H,17,18). The van der Waals surface area contributed by atoms with Crippen LogP contribution in [0.25, 0.3) is 0 Å². The van der Waals surface area contributed by atoms with Crippen molar-refractivity contribution in [2.75, 3.05) is 16.4 Å². The van der Waals surface area contributed by atoms with E-state index in [1.165, 1.54) is 25.7 Å². The number of hydrogen-bond acceptors (Lipinski definition) is 3. The number of benzene rings is 1. The van der Waals surface area contributed by atoms with Gasteiger partial charge in [-0.05, 0) is 31.5 Å². The van der Waals surface area contributed by atoms with E-state index in [4.69, 9.17) is 0 Å². The van der Waals surface area contributed by atoms with Gasteiger partial charge >= 0.3 is 0 Å². The van der Waals surface area contributed by atoms with Crippen molar-refractivity contribution in [3.63, 3.8) is 0 Å². The van der Waals surface area contributed by atoms with Crippen LogP contribution in [0.2, 0.25) is 0 Å². The molecule has 4 heteroatoms. The van der Waals surface area contributed by atoms with Crippen molar-refractivity contribution in [1.82, 2.24) is 0 Å². The van der Waals surface area contributed by atoms with E-state index < -0.39 is 0 Å². The summed E-state index contributed by atoms with van der Waals surface area (Å²) in [5, 5.41) is 6.43. The summed E-state index contributed by atoms with van der Waals surface area (Å²) >= 11 is 1.60. The Morgan fingerprint density at radius 2 is 2.26 bits per heavy atom. The topological polar surface area (TPSA) is 41.1 Å². The number of carbonyl (C=O) groups is 1. The summed E-state index contributed by atoms with van der Waals surface area (Å²) in [7, 11) is 0. The van der Waals surface area contributed by atoms with Gasteiger partial charge in [0.15, 0.2) is 0 Å². The van der Waals surface area contributed by atoms with E-state index in [0.29, 0.717) is 11.8 Å². The van der Waals surface area contributed by atoms with E-state index in [1.807, 2.05) is 6.07 Å². The monoisotopic (exact) mass is 278 g/mol. The molecule has 1 atom stereocenters. The molecule has 1 amide bonds. The van der Waals surface area contributed by atoms with Crippen LogP contribution >= 0.6 is 11.8 Å². The molecule has 0 aromatic heterocycles. The van der Waals surface area contributed by atoms with Crippen molar-refractivity contribution < 1.29 is 4.79 Å². The molecule has 104 valence electrons. The van der Waals surface area contributed by atoms with Crippen LogP contribution in [0, 0.1) is 0 Å². The van der Waals surface area contributed by atoms with Gasteiger partial charge in [-0.3, -0.25) is 4.79 Å². The minimum atomic E-state index is 0.0886. The number of fused-ring (bicyclic) bond motifs is 1. The SMILES string of the molecule is CCCCCC(C)Nc1ccc2c(c1)NC(=O)CS2. The van der Waals surface area contributed by atoms with Crippen LogP contribution in [-0.4, -0.2) is 17.7 Å². The van der Waals surface area contributed by atoms with Gasteiger partial charge in [0.25, 0.3) is 0 Å². The fourth-order valence-electron chi connectivity index (χ4n) is 2.23. The smallest absolute Gasteiger partial charge is 0.234 e. The maximum Gasteiger partial charge on any atom is 0.234 e. The minimum Gasteiger partial charge on any atom is -0.383 e. The van der Waals surface area contributed by atoms with Gasteiger partial charge in [0, 0.05) is 16.6 Å². The molecule has 1 aliphatic heterocycles. The van der Waals surface area contributed by atoms with Crippen LogP contribution in [0.15, 0.2) is 23.1 Å². The molecule has 1 aromatic rings. The number of thioether (sulfide) groups is 1. The lowest BCUT2D eigenvalue weighted by molar-refractivity contribution is -0.113. The Hall–Kier alpha value is -1.16. The lowest BCUT2D eigenvalue weighted by Crippen LogP contribution is -2.19. The maximum atomic E-state index is 11.4. The number of carbonyl (C=O) groups excluding carboxylic acids is 1. The number of rotatable bonds is 6. The van der Waals surface area contributed by atoms with Crippen LogP contribution < -0.4 is 10.6 Å². The second-order valence-corrected chi connectivity index (χ2v) is 6.11. The van der Waals surface area contributed by atoms with Crippen molar-refractivity contribution in [3.8, 4) is 0 Å². The molecule has 0 fully saturated rings. The molecular weight excluding hydrogens is 256 g/mol. The third kappa shape index (κ3) is 4.16. The second kappa shape index (κ2) is 6.85. The molecule has 0 saturated heterocycles. The molecule has 19 heavy (non-hydrogen) atoms. The number of amides is 1. The Bertz CT molecular complexity index is 448. The van der Waals surface area contributed by atoms with Gasteiger partial charge in [0.1, 0.15) is 0 Å². The number of nitrogens with one attached hydrogen (secondary N) is 2. The molecule has 2 N–H and O–H groups in total. The molecule has 2 rings (SSSR count). The summed E-state index contributed by atoms with van der Waals surface area (Å²) in [4.78, 5) is 12.5. The van der Waals surface area contributed by atoms with Crippen molar-refractivity contribution >= 4 is 29.0 Å². The van der Waals surface area contributed by atoms with Crippen LogP contribution in [0.5, 0.6) is 0 Å². The first kappa shape index (κ1) is 14.3. The quantitative estimate of drug-likeness (QED) is 0.769. The van der Waals surface area contributed by atoms with Gasteiger partial charge in [-0.1, -0.05) is 26.2 Å². The van der Waals surface area contributed by atoms with Gasteiger partial charge < -0.3 is 10.6 Å². The van der Waals surface area contributed by atoms with E-state index in [1.54, 1.807) is 11.8 Å². The van der Waals surface area contributed by atoms with Crippen molar-refractivity contribution in [1.29, 1.82) is 0 Å². The summed E-state index contributed by atoms with van der Waals surface area (Å²) < 4.78 is 0. The fourth-order valence-corrected chi connectivity index (χ4v) is 3.02. The van der Waals surface area contributed by atoms with E-state index in [2.05, 4.69) is 36.6 Å². The largest absolute Gasteiger partial charge is 0.383 e. The molecule has 1 unspecified atom stereocenters. The molecule has 1 heterocycles. The summed E-state index contributed by atoms with van der Waals surface area (Å²) in [5.41, 5.74) is 2.03. The molecule has 0 spiro atoms. The highest BCUT2D eigenvalue weighted by Crippen LogP contribution is 2.33. The van der Waals surface area contributed by atoms with Crippen molar-refractivity contribution in [2.45, 2.75) is 50.5 Å². The normalized spacial score (nSPS) is 15.6. The first-order valence-electron chi connectivity index (χ1n) is 7.02. The molecule has 0 bridgehead atoms. The minimum absolute atomic E-state index is 0.0886. The van der Waals surface area contributed by atoms with E-state index in [9.17, 15) is 4.79 Å². The third-order valence-electron chi connectivity index (χ3n) is 3.27. The Morgan fingerprint density at radius 1 is 1.42 bits per heavy atom. The highest BCUT2D eigenvalue weighted by molar-refractivity contribution is 8.00. The van der Waals surface area contributed by atoms with E-state index in [0.717, 1.165) is 16.3 Å². The first-order chi connectivity index (χ1) is 9.19.